The van der Waals surface area contributed by atoms with E-state index < -0.39 is 12.1 Å². The number of hydrogen-bond acceptors (Lipinski definition) is 3. The van der Waals surface area contributed by atoms with Gasteiger partial charge in [0.05, 0.1) is 18.8 Å². The van der Waals surface area contributed by atoms with Crippen LogP contribution in [-0.4, -0.2) is 34.9 Å². The number of hydrogen-bond donors (Lipinski definition) is 3. The monoisotopic (exact) mass is 610 g/mol. The molecule has 0 saturated carbocycles. The van der Waals surface area contributed by atoms with Crippen LogP contribution in [0.25, 0.3) is 0 Å². The van der Waals surface area contributed by atoms with E-state index in [0.29, 0.717) is 6.42 Å². The summed E-state index contributed by atoms with van der Waals surface area (Å²) in [5, 5.41) is 22.7. The van der Waals surface area contributed by atoms with Crippen molar-refractivity contribution in [1.82, 2.24) is 5.32 Å². The van der Waals surface area contributed by atoms with Gasteiger partial charge in [-0.05, 0) is 77.6 Å². The van der Waals surface area contributed by atoms with Gasteiger partial charge in [-0.1, -0.05) is 143 Å². The molecule has 4 nitrogen and oxygen atoms in total. The normalized spacial score (nSPS) is 14.2. The van der Waals surface area contributed by atoms with Gasteiger partial charge in [0, 0.05) is 6.42 Å². The summed E-state index contributed by atoms with van der Waals surface area (Å²) in [6.07, 6.45) is 51.2. The van der Waals surface area contributed by atoms with Crippen molar-refractivity contribution in [3.8, 4) is 0 Å². The zero-order valence-corrected chi connectivity index (χ0v) is 28.4. The lowest BCUT2D eigenvalue weighted by Gasteiger charge is -2.19. The highest BCUT2D eigenvalue weighted by atomic mass is 16.3. The van der Waals surface area contributed by atoms with Crippen LogP contribution in [0.3, 0.4) is 0 Å². The number of aliphatic hydroxyl groups excluding tert-OH is 2. The van der Waals surface area contributed by atoms with Crippen molar-refractivity contribution in [3.63, 3.8) is 0 Å². The van der Waals surface area contributed by atoms with Crippen molar-refractivity contribution in [1.29, 1.82) is 0 Å². The van der Waals surface area contributed by atoms with Gasteiger partial charge in [-0.15, -0.1) is 0 Å². The van der Waals surface area contributed by atoms with Crippen LogP contribution >= 0.6 is 0 Å². The second-order valence-corrected chi connectivity index (χ2v) is 11.5. The molecule has 4 heteroatoms. The number of allylic oxidation sites excluding steroid dienone is 13. The van der Waals surface area contributed by atoms with E-state index in [4.69, 9.17) is 0 Å². The fourth-order valence-corrected chi connectivity index (χ4v) is 4.73. The van der Waals surface area contributed by atoms with Crippen LogP contribution in [0, 0.1) is 0 Å². The number of aliphatic hydroxyl groups is 2. The van der Waals surface area contributed by atoms with Crippen molar-refractivity contribution in [2.45, 2.75) is 154 Å². The van der Waals surface area contributed by atoms with E-state index in [1.54, 1.807) is 6.08 Å². The van der Waals surface area contributed by atoms with Crippen molar-refractivity contribution in [3.05, 3.63) is 85.1 Å². The van der Waals surface area contributed by atoms with Gasteiger partial charge in [0.1, 0.15) is 0 Å². The maximum absolute atomic E-state index is 12.3. The van der Waals surface area contributed by atoms with Crippen LogP contribution < -0.4 is 5.32 Å². The summed E-state index contributed by atoms with van der Waals surface area (Å²) in [5.41, 5.74) is 0. The summed E-state index contributed by atoms with van der Waals surface area (Å²) in [5.74, 6) is -0.0918. The molecule has 0 aliphatic heterocycles. The largest absolute Gasteiger partial charge is 0.394 e. The molecule has 44 heavy (non-hydrogen) atoms. The average Bonchev–Trinajstić information content (AvgIpc) is 3.03. The van der Waals surface area contributed by atoms with Crippen LogP contribution in [0.15, 0.2) is 85.1 Å². The summed E-state index contributed by atoms with van der Waals surface area (Å²) >= 11 is 0. The Morgan fingerprint density at radius 1 is 0.591 bits per heavy atom. The molecular weight excluding hydrogens is 542 g/mol. The molecule has 0 heterocycles. The molecule has 0 aliphatic carbocycles. The molecule has 0 bridgehead atoms. The topological polar surface area (TPSA) is 69.6 Å². The van der Waals surface area contributed by atoms with Crippen LogP contribution in [0.5, 0.6) is 0 Å². The molecule has 0 fully saturated rings. The Morgan fingerprint density at radius 3 is 1.59 bits per heavy atom. The fraction of sp³-hybridized carbons (Fsp3) is 0.625. The van der Waals surface area contributed by atoms with Gasteiger partial charge in [0.25, 0.3) is 0 Å². The quantitative estimate of drug-likeness (QED) is 0.0560. The highest BCUT2D eigenvalue weighted by Gasteiger charge is 2.17. The molecular formula is C40H67NO3. The second-order valence-electron chi connectivity index (χ2n) is 11.5. The van der Waals surface area contributed by atoms with Crippen LogP contribution in [0.1, 0.15) is 142 Å². The lowest BCUT2D eigenvalue weighted by Crippen LogP contribution is -2.45. The van der Waals surface area contributed by atoms with Crippen molar-refractivity contribution in [2.24, 2.45) is 0 Å². The van der Waals surface area contributed by atoms with Gasteiger partial charge in [0.2, 0.25) is 5.91 Å². The predicted molar refractivity (Wildman–Crippen MR) is 193 cm³/mol. The summed E-state index contributed by atoms with van der Waals surface area (Å²) in [7, 11) is 0. The van der Waals surface area contributed by atoms with Crippen LogP contribution in [-0.2, 0) is 4.79 Å². The Kier molecular flexibility index (Phi) is 33.1. The van der Waals surface area contributed by atoms with E-state index in [9.17, 15) is 15.0 Å². The SMILES string of the molecule is C/C=C/CC/C=C/CC/C=C/C(O)C(CO)NC(=O)CCCCCCCCCCCC/C=C\C/C=C\C/C=C\C/C=C\CC. The smallest absolute Gasteiger partial charge is 0.220 e. The summed E-state index contributed by atoms with van der Waals surface area (Å²) in [4.78, 5) is 12.3. The Labute approximate surface area is 271 Å². The van der Waals surface area contributed by atoms with E-state index in [0.717, 1.165) is 70.6 Å². The molecule has 0 aromatic rings. The van der Waals surface area contributed by atoms with E-state index in [2.05, 4.69) is 85.2 Å². The number of nitrogens with one attached hydrogen (secondary N) is 1. The summed E-state index contributed by atoms with van der Waals surface area (Å²) in [6.45, 7) is 3.92. The molecule has 0 aromatic heterocycles. The molecule has 0 aliphatic rings. The van der Waals surface area contributed by atoms with E-state index in [-0.39, 0.29) is 12.5 Å². The number of carbonyl (C=O) groups excluding carboxylic acids is 1. The Bertz CT molecular complexity index is 834. The lowest BCUT2D eigenvalue weighted by molar-refractivity contribution is -0.123. The molecule has 2 atom stereocenters. The van der Waals surface area contributed by atoms with Crippen LogP contribution in [0.2, 0.25) is 0 Å². The summed E-state index contributed by atoms with van der Waals surface area (Å²) in [6, 6.07) is -0.649. The molecule has 1 amide bonds. The first-order chi connectivity index (χ1) is 21.7. The first kappa shape index (κ1) is 41.6. The number of rotatable bonds is 30. The number of amides is 1. The van der Waals surface area contributed by atoms with Gasteiger partial charge in [-0.25, -0.2) is 0 Å². The molecule has 3 N–H and O–H groups in total. The van der Waals surface area contributed by atoms with Crippen molar-refractivity contribution >= 4 is 5.91 Å². The fourth-order valence-electron chi connectivity index (χ4n) is 4.73. The minimum absolute atomic E-state index is 0.0918. The lowest BCUT2D eigenvalue weighted by atomic mass is 10.0. The van der Waals surface area contributed by atoms with E-state index in [1.165, 1.54) is 51.4 Å². The second kappa shape index (κ2) is 35.1. The standard InChI is InChI=1S/C40H67NO3/c1-3-5-7-9-11-13-14-15-16-17-18-19-20-21-22-23-24-25-26-28-30-32-34-36-40(44)41-38(37-42)39(43)35-33-31-29-27-12-10-8-6-4-2/h4-7,11-13,15-16,18-19,27,33,35,38-39,42-43H,3,8-10,14,17,20-26,28-32,34,36-37H2,1-2H3,(H,41,44)/b6-4+,7-5-,13-11-,16-15-,19-18-,27-12+,35-33+. The first-order valence-corrected chi connectivity index (χ1v) is 17.8. The van der Waals surface area contributed by atoms with E-state index in [1.807, 2.05) is 13.0 Å². The average molecular weight is 610 g/mol. The molecule has 0 rings (SSSR count). The zero-order valence-electron chi connectivity index (χ0n) is 28.4. The highest BCUT2D eigenvalue weighted by molar-refractivity contribution is 5.76. The Balaban J connectivity index is 3.63. The molecule has 250 valence electrons. The number of carbonyl (C=O) groups is 1. The zero-order chi connectivity index (χ0) is 32.2. The number of unbranched alkanes of at least 4 members (excludes halogenated alkanes) is 12. The molecule has 0 spiro atoms. The minimum Gasteiger partial charge on any atom is -0.394 e. The van der Waals surface area contributed by atoms with Crippen LogP contribution in [0.4, 0.5) is 0 Å². The third kappa shape index (κ3) is 31.0. The molecule has 0 aromatic carbocycles. The first-order valence-electron chi connectivity index (χ1n) is 17.8. The van der Waals surface area contributed by atoms with Gasteiger partial charge in [-0.3, -0.25) is 4.79 Å². The molecule has 2 unspecified atom stereocenters. The Hall–Kier alpha value is -2.43. The minimum atomic E-state index is -0.873. The molecule has 0 radical (unpaired) electrons. The molecule has 0 saturated heterocycles. The van der Waals surface area contributed by atoms with Crippen molar-refractivity contribution in [2.75, 3.05) is 6.61 Å². The Morgan fingerprint density at radius 2 is 1.05 bits per heavy atom. The predicted octanol–water partition coefficient (Wildman–Crippen LogP) is 10.6. The van der Waals surface area contributed by atoms with Crippen molar-refractivity contribution < 1.29 is 15.0 Å². The third-order valence-corrected chi connectivity index (χ3v) is 7.43. The van der Waals surface area contributed by atoms with Gasteiger partial charge >= 0.3 is 0 Å². The van der Waals surface area contributed by atoms with Gasteiger partial charge in [0.15, 0.2) is 0 Å². The maximum atomic E-state index is 12.3. The van der Waals surface area contributed by atoms with E-state index >= 15 is 0 Å². The summed E-state index contributed by atoms with van der Waals surface area (Å²) < 4.78 is 0. The van der Waals surface area contributed by atoms with Gasteiger partial charge < -0.3 is 15.5 Å². The highest BCUT2D eigenvalue weighted by Crippen LogP contribution is 2.12. The maximum Gasteiger partial charge on any atom is 0.220 e. The van der Waals surface area contributed by atoms with Gasteiger partial charge in [-0.2, -0.15) is 0 Å². The third-order valence-electron chi connectivity index (χ3n) is 7.43.